The minimum atomic E-state index is 0.563. The van der Waals surface area contributed by atoms with Crippen molar-refractivity contribution in [1.82, 2.24) is 24.5 Å². The first-order valence-corrected chi connectivity index (χ1v) is 7.08. The maximum Gasteiger partial charge on any atom is 0.177 e. The van der Waals surface area contributed by atoms with Gasteiger partial charge in [0.15, 0.2) is 17.0 Å². The number of hydrazone groups is 1. The van der Waals surface area contributed by atoms with E-state index in [1.807, 2.05) is 48.0 Å². The van der Waals surface area contributed by atoms with E-state index in [0.29, 0.717) is 11.3 Å². The third-order valence-corrected chi connectivity index (χ3v) is 3.48. The molecule has 0 atom stereocenters. The molecule has 1 aromatic carbocycles. The highest BCUT2D eigenvalue weighted by Gasteiger charge is 2.06. The molecule has 0 bridgehead atoms. The van der Waals surface area contributed by atoms with Crippen LogP contribution in [0.2, 0.25) is 0 Å². The predicted molar refractivity (Wildman–Crippen MR) is 89.3 cm³/mol. The monoisotopic (exact) mass is 303 g/mol. The van der Waals surface area contributed by atoms with Crippen LogP contribution in [0.25, 0.3) is 22.1 Å². The molecule has 112 valence electrons. The maximum absolute atomic E-state index is 4.53. The molecule has 7 heteroatoms. The van der Waals surface area contributed by atoms with Crippen LogP contribution in [0.5, 0.6) is 0 Å². The summed E-state index contributed by atoms with van der Waals surface area (Å²) in [5.74, 6) is 0.563. The number of nitrogens with zero attached hydrogens (tertiary/aromatic N) is 6. The molecule has 1 N–H and O–H groups in total. The molecular formula is C16H13N7. The topological polar surface area (TPSA) is 80.9 Å². The van der Waals surface area contributed by atoms with Gasteiger partial charge in [-0.3, -0.25) is 5.43 Å². The van der Waals surface area contributed by atoms with Crippen LogP contribution >= 0.6 is 0 Å². The lowest BCUT2D eigenvalue weighted by Gasteiger charge is -2.00. The highest BCUT2D eigenvalue weighted by molar-refractivity contribution is 5.86. The van der Waals surface area contributed by atoms with Crippen LogP contribution in [0.1, 0.15) is 5.69 Å². The molecule has 0 unspecified atom stereocenters. The normalized spacial score (nSPS) is 11.5. The number of hydrogen-bond donors (Lipinski definition) is 1. The summed E-state index contributed by atoms with van der Waals surface area (Å²) in [6, 6.07) is 11.9. The fraction of sp³-hybridized carbons (Fsp3) is 0.0625. The maximum atomic E-state index is 4.53. The molecule has 0 aliphatic carbocycles. The molecule has 4 aromatic rings. The number of benzene rings is 1. The van der Waals surface area contributed by atoms with Crippen LogP contribution in [0.15, 0.2) is 54.2 Å². The average Bonchev–Trinajstić information content (AvgIpc) is 2.97. The summed E-state index contributed by atoms with van der Waals surface area (Å²) in [6.07, 6.45) is 4.83. The summed E-state index contributed by atoms with van der Waals surface area (Å²) in [7, 11) is 1.88. The molecule has 0 saturated carbocycles. The molecule has 4 rings (SSSR count). The van der Waals surface area contributed by atoms with E-state index < -0.39 is 0 Å². The Kier molecular flexibility index (Phi) is 3.16. The number of para-hydroxylation sites is 1. The lowest BCUT2D eigenvalue weighted by atomic mass is 10.2. The molecule has 3 heterocycles. The molecule has 0 spiro atoms. The number of pyridine rings is 1. The SMILES string of the molecule is Cn1cnc2c(NN=Cc3ccc4ccccc4n3)ncnc21. The van der Waals surface area contributed by atoms with Gasteiger partial charge in [-0.15, -0.1) is 0 Å². The van der Waals surface area contributed by atoms with Crippen molar-refractivity contribution in [3.63, 3.8) is 0 Å². The third-order valence-electron chi connectivity index (χ3n) is 3.48. The zero-order valence-corrected chi connectivity index (χ0v) is 12.4. The van der Waals surface area contributed by atoms with Crippen molar-refractivity contribution in [2.75, 3.05) is 5.43 Å². The molecule has 3 aromatic heterocycles. The summed E-state index contributed by atoms with van der Waals surface area (Å²) in [6.45, 7) is 0. The summed E-state index contributed by atoms with van der Waals surface area (Å²) in [5, 5.41) is 5.30. The van der Waals surface area contributed by atoms with E-state index in [0.717, 1.165) is 22.2 Å². The van der Waals surface area contributed by atoms with E-state index in [1.54, 1.807) is 12.5 Å². The van der Waals surface area contributed by atoms with Crippen molar-refractivity contribution in [3.05, 3.63) is 54.7 Å². The van der Waals surface area contributed by atoms with Gasteiger partial charge in [-0.05, 0) is 12.1 Å². The number of fused-ring (bicyclic) bond motifs is 2. The summed E-state index contributed by atoms with van der Waals surface area (Å²) < 4.78 is 1.83. The van der Waals surface area contributed by atoms with E-state index in [9.17, 15) is 0 Å². The first-order chi connectivity index (χ1) is 11.3. The molecule has 0 aliphatic heterocycles. The van der Waals surface area contributed by atoms with Crippen molar-refractivity contribution in [3.8, 4) is 0 Å². The average molecular weight is 303 g/mol. The van der Waals surface area contributed by atoms with Crippen molar-refractivity contribution < 1.29 is 0 Å². The molecule has 7 nitrogen and oxygen atoms in total. The van der Waals surface area contributed by atoms with Gasteiger partial charge >= 0.3 is 0 Å². The van der Waals surface area contributed by atoms with Gasteiger partial charge in [0.1, 0.15) is 6.33 Å². The van der Waals surface area contributed by atoms with Crippen LogP contribution in [0.4, 0.5) is 5.82 Å². The smallest absolute Gasteiger partial charge is 0.177 e. The Morgan fingerprint density at radius 1 is 1.09 bits per heavy atom. The second kappa shape index (κ2) is 5.45. The first-order valence-electron chi connectivity index (χ1n) is 7.08. The van der Waals surface area contributed by atoms with Crippen LogP contribution in [0.3, 0.4) is 0 Å². The van der Waals surface area contributed by atoms with Crippen LogP contribution in [-0.2, 0) is 7.05 Å². The van der Waals surface area contributed by atoms with Crippen molar-refractivity contribution in [2.45, 2.75) is 0 Å². The Morgan fingerprint density at radius 3 is 2.96 bits per heavy atom. The minimum absolute atomic E-state index is 0.563. The van der Waals surface area contributed by atoms with E-state index in [1.165, 1.54) is 6.33 Å². The summed E-state index contributed by atoms with van der Waals surface area (Å²) >= 11 is 0. The molecule has 0 fully saturated rings. The number of nitrogens with one attached hydrogen (secondary N) is 1. The fourth-order valence-electron chi connectivity index (χ4n) is 2.34. The van der Waals surface area contributed by atoms with Crippen LogP contribution in [0, 0.1) is 0 Å². The summed E-state index contributed by atoms with van der Waals surface area (Å²) in [5.41, 5.74) is 6.03. The molecule has 0 aliphatic rings. The second-order valence-corrected chi connectivity index (χ2v) is 5.05. The number of imidazole rings is 1. The first kappa shape index (κ1) is 13.3. The van der Waals surface area contributed by atoms with Gasteiger partial charge in [0.05, 0.1) is 23.8 Å². The quantitative estimate of drug-likeness (QED) is 0.464. The minimum Gasteiger partial charge on any atom is -0.318 e. The molecular weight excluding hydrogens is 290 g/mol. The highest BCUT2D eigenvalue weighted by Crippen LogP contribution is 2.16. The molecule has 0 saturated heterocycles. The van der Waals surface area contributed by atoms with E-state index in [2.05, 4.69) is 30.5 Å². The van der Waals surface area contributed by atoms with Crippen molar-refractivity contribution in [1.29, 1.82) is 0 Å². The van der Waals surface area contributed by atoms with Gasteiger partial charge in [-0.1, -0.05) is 24.3 Å². The van der Waals surface area contributed by atoms with Gasteiger partial charge in [0.2, 0.25) is 0 Å². The van der Waals surface area contributed by atoms with Gasteiger partial charge in [0.25, 0.3) is 0 Å². The molecule has 0 radical (unpaired) electrons. The largest absolute Gasteiger partial charge is 0.318 e. The number of aromatic nitrogens is 5. The van der Waals surface area contributed by atoms with Crippen LogP contribution in [-0.4, -0.2) is 30.7 Å². The van der Waals surface area contributed by atoms with Gasteiger partial charge in [-0.25, -0.2) is 19.9 Å². The lowest BCUT2D eigenvalue weighted by Crippen LogP contribution is -1.97. The lowest BCUT2D eigenvalue weighted by molar-refractivity contribution is 0.928. The number of hydrogen-bond acceptors (Lipinski definition) is 6. The Labute approximate surface area is 131 Å². The zero-order valence-electron chi connectivity index (χ0n) is 12.4. The fourth-order valence-corrected chi connectivity index (χ4v) is 2.34. The van der Waals surface area contributed by atoms with Crippen molar-refractivity contribution >= 4 is 34.1 Å². The van der Waals surface area contributed by atoms with E-state index >= 15 is 0 Å². The van der Waals surface area contributed by atoms with Gasteiger partial charge in [-0.2, -0.15) is 5.10 Å². The number of anilines is 1. The van der Waals surface area contributed by atoms with Gasteiger partial charge in [0, 0.05) is 12.4 Å². The Bertz CT molecular complexity index is 1020. The number of aryl methyl sites for hydroxylation is 1. The standard InChI is InChI=1S/C16H13N7/c1-23-10-19-14-15(17-9-18-16(14)23)22-20-8-12-7-6-11-4-2-3-5-13(11)21-12/h2-10H,1H3,(H,17,18,22). The Hall–Kier alpha value is -3.35. The number of rotatable bonds is 3. The molecule has 0 amide bonds. The second-order valence-electron chi connectivity index (χ2n) is 5.05. The zero-order chi connectivity index (χ0) is 15.6. The van der Waals surface area contributed by atoms with Crippen molar-refractivity contribution in [2.24, 2.45) is 12.1 Å². The van der Waals surface area contributed by atoms with E-state index in [4.69, 9.17) is 0 Å². The van der Waals surface area contributed by atoms with Crippen LogP contribution < -0.4 is 5.43 Å². The van der Waals surface area contributed by atoms with Gasteiger partial charge < -0.3 is 4.57 Å². The Morgan fingerprint density at radius 2 is 2.00 bits per heavy atom. The Balaban J connectivity index is 1.60. The van der Waals surface area contributed by atoms with E-state index in [-0.39, 0.29) is 0 Å². The predicted octanol–water partition coefficient (Wildman–Crippen LogP) is 2.36. The third kappa shape index (κ3) is 2.48. The molecule has 23 heavy (non-hydrogen) atoms. The highest BCUT2D eigenvalue weighted by atomic mass is 15.3. The summed E-state index contributed by atoms with van der Waals surface area (Å²) in [4.78, 5) is 17.2.